The van der Waals surface area contributed by atoms with Crippen LogP contribution in [0.25, 0.3) is 10.8 Å². The van der Waals surface area contributed by atoms with Crippen molar-refractivity contribution in [3.8, 4) is 5.75 Å². The second-order valence-corrected chi connectivity index (χ2v) is 9.64. The highest BCUT2D eigenvalue weighted by atomic mass is 28.4. The number of hydrogen-bond donors (Lipinski definition) is 1. The van der Waals surface area contributed by atoms with Gasteiger partial charge in [0.25, 0.3) is 0 Å². The van der Waals surface area contributed by atoms with E-state index >= 15 is 0 Å². The monoisotopic (exact) mass is 260 g/mol. The average Bonchev–Trinajstić information content (AvgIpc) is 2.26. The summed E-state index contributed by atoms with van der Waals surface area (Å²) in [7, 11) is -1.71. The molecule has 0 bridgehead atoms. The van der Waals surface area contributed by atoms with E-state index in [1.807, 2.05) is 24.3 Å². The first-order chi connectivity index (χ1) is 8.37. The Labute approximate surface area is 107 Å². The van der Waals surface area contributed by atoms with Crippen LogP contribution in [0.1, 0.15) is 10.4 Å². The summed E-state index contributed by atoms with van der Waals surface area (Å²) in [6.45, 7) is 6.31. The van der Waals surface area contributed by atoms with E-state index in [4.69, 9.17) is 9.53 Å². The van der Waals surface area contributed by atoms with Crippen molar-refractivity contribution in [2.45, 2.75) is 19.6 Å². The van der Waals surface area contributed by atoms with Gasteiger partial charge in [0, 0.05) is 5.39 Å². The molecule has 0 saturated heterocycles. The van der Waals surface area contributed by atoms with Gasteiger partial charge in [0.15, 0.2) is 0 Å². The third-order valence-electron chi connectivity index (χ3n) is 2.51. The van der Waals surface area contributed by atoms with Crippen LogP contribution in [-0.2, 0) is 0 Å². The predicted octanol–water partition coefficient (Wildman–Crippen LogP) is 3.75. The fraction of sp³-hybridized carbons (Fsp3) is 0.214. The van der Waals surface area contributed by atoms with Gasteiger partial charge in [-0.05, 0) is 43.2 Å². The van der Waals surface area contributed by atoms with Gasteiger partial charge in [-0.25, -0.2) is 4.79 Å². The van der Waals surface area contributed by atoms with E-state index in [-0.39, 0.29) is 5.56 Å². The number of hydrogen-bond acceptors (Lipinski definition) is 2. The molecule has 0 amide bonds. The molecular weight excluding hydrogens is 244 g/mol. The second-order valence-electron chi connectivity index (χ2n) is 5.21. The van der Waals surface area contributed by atoms with E-state index in [2.05, 4.69) is 19.6 Å². The standard InChI is InChI=1S/C14H16O3Si/c1-18(2,3)17-13-6-4-5-10-7-8-11(14(15)16)9-12(10)13/h4-9H,1-3H3,(H,15,16). The normalized spacial score (nSPS) is 11.5. The number of fused-ring (bicyclic) bond motifs is 1. The van der Waals surface area contributed by atoms with Crippen LogP contribution in [0, 0.1) is 0 Å². The Balaban J connectivity index is 2.59. The van der Waals surface area contributed by atoms with Crippen LogP contribution in [0.2, 0.25) is 19.6 Å². The SMILES string of the molecule is C[Si](C)(C)Oc1cccc2ccc(C(=O)O)cc12. The van der Waals surface area contributed by atoms with Gasteiger partial charge < -0.3 is 9.53 Å². The fourth-order valence-electron chi connectivity index (χ4n) is 1.80. The van der Waals surface area contributed by atoms with Crippen LogP contribution in [-0.4, -0.2) is 19.4 Å². The molecule has 0 aliphatic heterocycles. The molecule has 94 valence electrons. The van der Waals surface area contributed by atoms with Crippen LogP contribution in [0.15, 0.2) is 36.4 Å². The summed E-state index contributed by atoms with van der Waals surface area (Å²) >= 11 is 0. The van der Waals surface area contributed by atoms with Crippen LogP contribution < -0.4 is 4.43 Å². The van der Waals surface area contributed by atoms with Crippen molar-refractivity contribution in [3.05, 3.63) is 42.0 Å². The van der Waals surface area contributed by atoms with E-state index in [0.717, 1.165) is 16.5 Å². The molecule has 2 aromatic carbocycles. The molecule has 0 aliphatic rings. The van der Waals surface area contributed by atoms with Crippen LogP contribution >= 0.6 is 0 Å². The molecule has 0 fully saturated rings. The lowest BCUT2D eigenvalue weighted by atomic mass is 10.1. The summed E-state index contributed by atoms with van der Waals surface area (Å²) in [6, 6.07) is 10.9. The molecule has 2 aromatic rings. The van der Waals surface area contributed by atoms with Crippen LogP contribution in [0.5, 0.6) is 5.75 Å². The summed E-state index contributed by atoms with van der Waals surface area (Å²) in [4.78, 5) is 11.0. The summed E-state index contributed by atoms with van der Waals surface area (Å²) < 4.78 is 6.00. The van der Waals surface area contributed by atoms with E-state index in [1.54, 1.807) is 12.1 Å². The molecule has 18 heavy (non-hydrogen) atoms. The minimum absolute atomic E-state index is 0.286. The van der Waals surface area contributed by atoms with Crippen molar-refractivity contribution in [1.82, 2.24) is 0 Å². The second kappa shape index (κ2) is 4.46. The van der Waals surface area contributed by atoms with Gasteiger partial charge in [0.1, 0.15) is 5.75 Å². The number of aromatic carboxylic acids is 1. The largest absolute Gasteiger partial charge is 0.544 e. The van der Waals surface area contributed by atoms with Gasteiger partial charge in [-0.1, -0.05) is 18.2 Å². The summed E-state index contributed by atoms with van der Waals surface area (Å²) in [5.74, 6) is -0.144. The van der Waals surface area contributed by atoms with Gasteiger partial charge >= 0.3 is 5.97 Å². The van der Waals surface area contributed by atoms with Gasteiger partial charge in [-0.15, -0.1) is 0 Å². The van der Waals surface area contributed by atoms with Crippen molar-refractivity contribution in [3.63, 3.8) is 0 Å². The molecule has 0 heterocycles. The quantitative estimate of drug-likeness (QED) is 0.855. The number of benzene rings is 2. The molecule has 0 radical (unpaired) electrons. The Morgan fingerprint density at radius 2 is 1.89 bits per heavy atom. The summed E-state index contributed by atoms with van der Waals surface area (Å²) in [5, 5.41) is 10.9. The molecule has 0 saturated carbocycles. The van der Waals surface area contributed by atoms with Gasteiger partial charge in [-0.3, -0.25) is 0 Å². The Morgan fingerprint density at radius 1 is 1.17 bits per heavy atom. The lowest BCUT2D eigenvalue weighted by Gasteiger charge is -2.20. The molecular formula is C14H16O3Si. The maximum Gasteiger partial charge on any atom is 0.335 e. The van der Waals surface area contributed by atoms with Crippen molar-refractivity contribution in [2.75, 3.05) is 0 Å². The zero-order valence-electron chi connectivity index (χ0n) is 10.7. The van der Waals surface area contributed by atoms with Gasteiger partial charge in [0.2, 0.25) is 8.32 Å². The Hall–Kier alpha value is -1.81. The predicted molar refractivity (Wildman–Crippen MR) is 74.9 cm³/mol. The molecule has 3 nitrogen and oxygen atoms in total. The first-order valence-corrected chi connectivity index (χ1v) is 9.23. The van der Waals surface area contributed by atoms with Crippen molar-refractivity contribution in [2.24, 2.45) is 0 Å². The number of carboxylic acids is 1. The molecule has 0 unspecified atom stereocenters. The highest BCUT2D eigenvalue weighted by molar-refractivity contribution is 6.70. The Kier molecular flexibility index (Phi) is 3.13. The van der Waals surface area contributed by atoms with Gasteiger partial charge in [0.05, 0.1) is 5.56 Å². The number of rotatable bonds is 3. The van der Waals surface area contributed by atoms with Crippen molar-refractivity contribution in [1.29, 1.82) is 0 Å². The van der Waals surface area contributed by atoms with E-state index in [9.17, 15) is 4.79 Å². The lowest BCUT2D eigenvalue weighted by Crippen LogP contribution is -2.29. The third kappa shape index (κ3) is 2.71. The van der Waals surface area contributed by atoms with Crippen LogP contribution in [0.4, 0.5) is 0 Å². The molecule has 1 N–H and O–H groups in total. The highest BCUT2D eigenvalue weighted by Crippen LogP contribution is 2.28. The third-order valence-corrected chi connectivity index (χ3v) is 3.34. The number of carboxylic acid groups (broad SMARTS) is 1. The molecule has 4 heteroatoms. The lowest BCUT2D eigenvalue weighted by molar-refractivity contribution is 0.0697. The first kappa shape index (κ1) is 12.6. The van der Waals surface area contributed by atoms with Crippen molar-refractivity contribution < 1.29 is 14.3 Å². The fourth-order valence-corrected chi connectivity index (χ4v) is 2.63. The first-order valence-electron chi connectivity index (χ1n) is 5.82. The highest BCUT2D eigenvalue weighted by Gasteiger charge is 2.18. The average molecular weight is 260 g/mol. The molecule has 2 rings (SSSR count). The van der Waals surface area contributed by atoms with Crippen molar-refractivity contribution >= 4 is 25.1 Å². The Bertz CT molecular complexity index is 600. The zero-order chi connectivity index (χ0) is 13.3. The maximum atomic E-state index is 11.0. The Morgan fingerprint density at radius 3 is 2.50 bits per heavy atom. The molecule has 0 aliphatic carbocycles. The van der Waals surface area contributed by atoms with E-state index in [1.165, 1.54) is 0 Å². The van der Waals surface area contributed by atoms with Gasteiger partial charge in [-0.2, -0.15) is 0 Å². The summed E-state index contributed by atoms with van der Waals surface area (Å²) in [6.07, 6.45) is 0. The zero-order valence-corrected chi connectivity index (χ0v) is 11.7. The van der Waals surface area contributed by atoms with E-state index < -0.39 is 14.3 Å². The van der Waals surface area contributed by atoms with Crippen LogP contribution in [0.3, 0.4) is 0 Å². The molecule has 0 spiro atoms. The minimum atomic E-state index is -1.71. The van der Waals surface area contributed by atoms with E-state index in [0.29, 0.717) is 0 Å². The molecule has 0 aromatic heterocycles. The smallest absolute Gasteiger partial charge is 0.335 e. The summed E-state index contributed by atoms with van der Waals surface area (Å²) in [5.41, 5.74) is 0.286. The minimum Gasteiger partial charge on any atom is -0.544 e. The number of carbonyl (C=O) groups is 1. The topological polar surface area (TPSA) is 46.5 Å². The maximum absolute atomic E-state index is 11.0. The molecule has 0 atom stereocenters.